The Kier molecular flexibility index (Phi) is 4.59. The van der Waals surface area contributed by atoms with E-state index < -0.39 is 5.69 Å². The molecule has 2 aromatic carbocycles. The summed E-state index contributed by atoms with van der Waals surface area (Å²) in [5.74, 6) is 0.570. The van der Waals surface area contributed by atoms with Crippen LogP contribution in [0.15, 0.2) is 58.1 Å². The predicted octanol–water partition coefficient (Wildman–Crippen LogP) is 1.46. The van der Waals surface area contributed by atoms with Gasteiger partial charge in [0.25, 0.3) is 5.56 Å². The largest absolute Gasteiger partial charge is 0.334 e. The van der Waals surface area contributed by atoms with Crippen LogP contribution in [0, 0.1) is 6.92 Å². The van der Waals surface area contributed by atoms with Gasteiger partial charge in [0.05, 0.1) is 5.69 Å². The van der Waals surface area contributed by atoms with Crippen LogP contribution in [0.25, 0.3) is 5.69 Å². The summed E-state index contributed by atoms with van der Waals surface area (Å²) in [7, 11) is 0. The molecular formula is C20H20ClN4O2+. The van der Waals surface area contributed by atoms with Crippen LogP contribution in [0.3, 0.4) is 0 Å². The summed E-state index contributed by atoms with van der Waals surface area (Å²) in [5.41, 5.74) is 2.55. The zero-order valence-corrected chi connectivity index (χ0v) is 15.6. The molecule has 0 saturated heterocycles. The van der Waals surface area contributed by atoms with Gasteiger partial charge in [-0.25, -0.2) is 9.36 Å². The molecule has 3 N–H and O–H groups in total. The van der Waals surface area contributed by atoms with Crippen molar-refractivity contribution in [1.82, 2.24) is 9.55 Å². The van der Waals surface area contributed by atoms with E-state index in [1.54, 1.807) is 4.57 Å². The molecule has 0 amide bonds. The summed E-state index contributed by atoms with van der Waals surface area (Å²) in [6, 6.07) is 15.3. The number of para-hydroxylation sites is 1. The van der Waals surface area contributed by atoms with E-state index in [1.165, 1.54) is 0 Å². The number of anilines is 1. The molecule has 0 bridgehead atoms. The number of aromatic nitrogens is 2. The van der Waals surface area contributed by atoms with Crippen LogP contribution in [0.1, 0.15) is 16.7 Å². The fourth-order valence-electron chi connectivity index (χ4n) is 3.52. The van der Waals surface area contributed by atoms with E-state index in [0.29, 0.717) is 31.1 Å². The zero-order valence-electron chi connectivity index (χ0n) is 14.9. The third-order valence-electron chi connectivity index (χ3n) is 4.89. The van der Waals surface area contributed by atoms with Gasteiger partial charge in [0.15, 0.2) is 6.67 Å². The van der Waals surface area contributed by atoms with Crippen LogP contribution in [-0.2, 0) is 13.1 Å². The molecule has 1 aromatic heterocycles. The second kappa shape index (κ2) is 7.06. The lowest BCUT2D eigenvalue weighted by Crippen LogP contribution is -3.11. The highest BCUT2D eigenvalue weighted by molar-refractivity contribution is 6.31. The molecule has 0 saturated carbocycles. The number of aryl methyl sites for hydroxylation is 1. The first-order chi connectivity index (χ1) is 13.0. The molecule has 1 atom stereocenters. The lowest BCUT2D eigenvalue weighted by molar-refractivity contribution is -0.926. The molecule has 138 valence electrons. The minimum absolute atomic E-state index is 0.344. The SMILES string of the molecule is Cc1ccccc1-n1c2c(c(=O)[nH]c1=O)C[NH+](Cc1ccccc1Cl)CN2. The summed E-state index contributed by atoms with van der Waals surface area (Å²) >= 11 is 6.27. The number of fused-ring (bicyclic) bond motifs is 1. The van der Waals surface area contributed by atoms with Crippen molar-refractivity contribution in [2.24, 2.45) is 0 Å². The molecule has 0 fully saturated rings. The predicted molar refractivity (Wildman–Crippen MR) is 106 cm³/mol. The third-order valence-corrected chi connectivity index (χ3v) is 5.26. The second-order valence-electron chi connectivity index (χ2n) is 6.76. The van der Waals surface area contributed by atoms with Gasteiger partial charge in [-0.1, -0.05) is 48.0 Å². The van der Waals surface area contributed by atoms with Gasteiger partial charge >= 0.3 is 5.69 Å². The minimum Gasteiger partial charge on any atom is -0.324 e. The first-order valence-corrected chi connectivity index (χ1v) is 9.17. The van der Waals surface area contributed by atoms with Crippen molar-refractivity contribution in [3.63, 3.8) is 0 Å². The topological polar surface area (TPSA) is 71.3 Å². The number of nitrogens with one attached hydrogen (secondary N) is 3. The Hall–Kier alpha value is -2.83. The Morgan fingerprint density at radius 2 is 1.85 bits per heavy atom. The summed E-state index contributed by atoms with van der Waals surface area (Å²) in [5, 5.41) is 4.01. The van der Waals surface area contributed by atoms with E-state index in [9.17, 15) is 9.59 Å². The van der Waals surface area contributed by atoms with Gasteiger partial charge in [-0.15, -0.1) is 0 Å². The second-order valence-corrected chi connectivity index (χ2v) is 7.16. The molecule has 3 aromatic rings. The number of H-pyrrole nitrogens is 1. The monoisotopic (exact) mass is 383 g/mol. The van der Waals surface area contributed by atoms with Crippen LogP contribution in [-0.4, -0.2) is 16.2 Å². The maximum Gasteiger partial charge on any atom is 0.334 e. The smallest absolute Gasteiger partial charge is 0.324 e. The number of nitrogens with zero attached hydrogens (tertiary/aromatic N) is 1. The summed E-state index contributed by atoms with van der Waals surface area (Å²) < 4.78 is 1.55. The van der Waals surface area contributed by atoms with Crippen molar-refractivity contribution in [2.45, 2.75) is 20.0 Å². The van der Waals surface area contributed by atoms with Crippen LogP contribution in [0.4, 0.5) is 5.82 Å². The maximum absolute atomic E-state index is 12.5. The summed E-state index contributed by atoms with van der Waals surface area (Å²) in [6.07, 6.45) is 0. The quantitative estimate of drug-likeness (QED) is 0.641. The fourth-order valence-corrected chi connectivity index (χ4v) is 3.73. The van der Waals surface area contributed by atoms with Crippen LogP contribution < -0.4 is 21.5 Å². The van der Waals surface area contributed by atoms with E-state index in [0.717, 1.165) is 26.7 Å². The number of benzene rings is 2. The lowest BCUT2D eigenvalue weighted by atomic mass is 10.1. The van der Waals surface area contributed by atoms with Crippen molar-refractivity contribution in [3.05, 3.63) is 91.1 Å². The van der Waals surface area contributed by atoms with E-state index in [1.807, 2.05) is 55.5 Å². The van der Waals surface area contributed by atoms with Crippen LogP contribution >= 0.6 is 11.6 Å². The highest BCUT2D eigenvalue weighted by atomic mass is 35.5. The van der Waals surface area contributed by atoms with Crippen molar-refractivity contribution in [1.29, 1.82) is 0 Å². The Morgan fingerprint density at radius 3 is 2.63 bits per heavy atom. The standard InChI is InChI=1S/C20H19ClN4O2/c1-13-6-2-5-9-17(13)25-18-15(19(26)23-20(25)27)11-24(12-22-18)10-14-7-3-4-8-16(14)21/h2-9,22H,10-12H2,1H3,(H,23,26,27)/p+1. The van der Waals surface area contributed by atoms with Gasteiger partial charge in [-0.05, 0) is 24.6 Å². The number of quaternary nitrogens is 1. The summed E-state index contributed by atoms with van der Waals surface area (Å²) in [4.78, 5) is 28.6. The number of aromatic amines is 1. The van der Waals surface area contributed by atoms with Crippen LogP contribution in [0.5, 0.6) is 0 Å². The molecule has 6 nitrogen and oxygen atoms in total. The number of rotatable bonds is 3. The Morgan fingerprint density at radius 1 is 1.11 bits per heavy atom. The van der Waals surface area contributed by atoms with E-state index in [2.05, 4.69) is 10.3 Å². The first-order valence-electron chi connectivity index (χ1n) is 8.79. The van der Waals surface area contributed by atoms with Crippen LogP contribution in [0.2, 0.25) is 5.02 Å². The van der Waals surface area contributed by atoms with Gasteiger partial charge < -0.3 is 10.2 Å². The maximum atomic E-state index is 12.5. The summed E-state index contributed by atoms with van der Waals surface area (Å²) in [6.45, 7) is 3.73. The average Bonchev–Trinajstić information content (AvgIpc) is 2.65. The Bertz CT molecular complexity index is 1120. The molecule has 27 heavy (non-hydrogen) atoms. The Labute approximate surface area is 161 Å². The molecular weight excluding hydrogens is 364 g/mol. The Balaban J connectivity index is 1.74. The van der Waals surface area contributed by atoms with Gasteiger partial charge in [-0.2, -0.15) is 0 Å². The molecule has 7 heteroatoms. The highest BCUT2D eigenvalue weighted by Crippen LogP contribution is 2.19. The first kappa shape index (κ1) is 17.6. The number of hydrogen-bond donors (Lipinski definition) is 3. The third kappa shape index (κ3) is 3.29. The average molecular weight is 384 g/mol. The van der Waals surface area contributed by atoms with E-state index in [-0.39, 0.29) is 5.56 Å². The normalized spacial score (nSPS) is 15.9. The zero-order chi connectivity index (χ0) is 19.0. The molecule has 0 spiro atoms. The van der Waals surface area contributed by atoms with Crippen molar-refractivity contribution >= 4 is 17.4 Å². The van der Waals surface area contributed by atoms with Gasteiger partial charge in [0.2, 0.25) is 0 Å². The molecule has 4 rings (SSSR count). The highest BCUT2D eigenvalue weighted by Gasteiger charge is 2.26. The molecule has 1 unspecified atom stereocenters. The van der Waals surface area contributed by atoms with Gasteiger partial charge in [0.1, 0.15) is 24.5 Å². The molecule has 1 aliphatic rings. The van der Waals surface area contributed by atoms with Gasteiger partial charge in [-0.3, -0.25) is 9.78 Å². The number of hydrogen-bond acceptors (Lipinski definition) is 3. The fraction of sp³-hybridized carbons (Fsp3) is 0.200. The minimum atomic E-state index is -0.435. The molecule has 1 aliphatic heterocycles. The van der Waals surface area contributed by atoms with Crippen molar-refractivity contribution in [2.75, 3.05) is 12.0 Å². The van der Waals surface area contributed by atoms with Gasteiger partial charge in [0, 0.05) is 10.6 Å². The molecule has 0 aliphatic carbocycles. The van der Waals surface area contributed by atoms with E-state index >= 15 is 0 Å². The van der Waals surface area contributed by atoms with Crippen molar-refractivity contribution in [3.8, 4) is 5.69 Å². The van der Waals surface area contributed by atoms with Crippen molar-refractivity contribution < 1.29 is 4.90 Å². The number of halogens is 1. The van der Waals surface area contributed by atoms with E-state index in [4.69, 9.17) is 11.6 Å². The molecule has 2 heterocycles. The molecule has 0 radical (unpaired) electrons. The lowest BCUT2D eigenvalue weighted by Gasteiger charge is -2.28.